The molecule has 1 fully saturated rings. The maximum absolute atomic E-state index is 11.7. The zero-order chi connectivity index (χ0) is 25.2. The lowest BCUT2D eigenvalue weighted by molar-refractivity contribution is -0.117. The fraction of sp³-hybridized carbons (Fsp3) is 0.400. The van der Waals surface area contributed by atoms with Gasteiger partial charge in [0.25, 0.3) is 0 Å². The molecular formula is C25H36N4O4S. The molecule has 0 heterocycles. The molecule has 7 N–H and O–H groups in total. The normalized spacial score (nSPS) is 11.8. The Labute approximate surface area is 206 Å². The van der Waals surface area contributed by atoms with E-state index in [1.54, 1.807) is 12.1 Å². The van der Waals surface area contributed by atoms with Crippen molar-refractivity contribution >= 4 is 35.6 Å². The van der Waals surface area contributed by atoms with Gasteiger partial charge in [-0.25, -0.2) is 4.79 Å². The molecule has 0 bridgehead atoms. The predicted octanol–water partition coefficient (Wildman–Crippen LogP) is 4.13. The highest BCUT2D eigenvalue weighted by molar-refractivity contribution is 7.95. The molecular weight excluding hydrogens is 452 g/mol. The first-order valence-corrected chi connectivity index (χ1v) is 12.2. The number of hydrogen-bond donors (Lipinski definition) is 5. The zero-order valence-corrected chi connectivity index (χ0v) is 20.5. The summed E-state index contributed by atoms with van der Waals surface area (Å²) in [5.41, 5.74) is 6.79. The van der Waals surface area contributed by atoms with Gasteiger partial charge in [-0.3, -0.25) is 19.5 Å². The third-order valence-corrected chi connectivity index (χ3v) is 5.12. The molecule has 0 aliphatic heterocycles. The average Bonchev–Trinajstić information content (AvgIpc) is 3.61. The van der Waals surface area contributed by atoms with Gasteiger partial charge in [-0.2, -0.15) is 0 Å². The van der Waals surface area contributed by atoms with Gasteiger partial charge in [0.15, 0.2) is 0 Å². The molecule has 2 aromatic carbocycles. The van der Waals surface area contributed by atoms with Gasteiger partial charge in [0.1, 0.15) is 0 Å². The number of anilines is 1. The molecule has 0 aromatic heterocycles. The summed E-state index contributed by atoms with van der Waals surface area (Å²) in [5, 5.41) is 16.7. The quantitative estimate of drug-likeness (QED) is 0.236. The van der Waals surface area contributed by atoms with Gasteiger partial charge in [0.05, 0.1) is 5.56 Å². The molecule has 3 rings (SSSR count). The van der Waals surface area contributed by atoms with Crippen LogP contribution in [0.15, 0.2) is 54.6 Å². The Kier molecular flexibility index (Phi) is 15.1. The number of hydrogen-bond acceptors (Lipinski definition) is 6. The third-order valence-electron chi connectivity index (χ3n) is 4.75. The summed E-state index contributed by atoms with van der Waals surface area (Å²) in [7, 11) is 0. The third kappa shape index (κ3) is 15.8. The van der Waals surface area contributed by atoms with E-state index < -0.39 is 5.97 Å². The van der Waals surface area contributed by atoms with E-state index >= 15 is 0 Å². The Bertz CT molecular complexity index is 855. The van der Waals surface area contributed by atoms with Gasteiger partial charge in [0.2, 0.25) is 11.8 Å². The lowest BCUT2D eigenvalue weighted by Crippen LogP contribution is -2.12. The highest BCUT2D eigenvalue weighted by Crippen LogP contribution is 2.32. The first-order valence-electron chi connectivity index (χ1n) is 11.3. The van der Waals surface area contributed by atoms with Crippen molar-refractivity contribution in [2.24, 2.45) is 16.8 Å². The van der Waals surface area contributed by atoms with E-state index in [2.05, 4.69) is 46.1 Å². The summed E-state index contributed by atoms with van der Waals surface area (Å²) in [6.45, 7) is 2.14. The number of aromatic carboxylic acids is 1. The number of rotatable bonds is 11. The maximum Gasteiger partial charge on any atom is 0.335 e. The molecule has 0 spiro atoms. The second-order valence-corrected chi connectivity index (χ2v) is 8.52. The van der Waals surface area contributed by atoms with Gasteiger partial charge < -0.3 is 16.2 Å². The molecule has 8 nitrogen and oxygen atoms in total. The summed E-state index contributed by atoms with van der Waals surface area (Å²) in [6, 6.07) is 16.9. The number of carboxylic acids is 1. The summed E-state index contributed by atoms with van der Waals surface area (Å²) in [6.07, 6.45) is 7.42. The Morgan fingerprint density at radius 2 is 1.62 bits per heavy atom. The molecule has 2 amide bonds. The number of nitrogens with two attached hydrogens (primary N) is 2. The van der Waals surface area contributed by atoms with Crippen molar-refractivity contribution in [1.82, 2.24) is 4.72 Å². The second-order valence-electron chi connectivity index (χ2n) is 8.00. The molecule has 9 heteroatoms. The summed E-state index contributed by atoms with van der Waals surface area (Å²) in [4.78, 5) is 31.6. The van der Waals surface area contributed by atoms with Crippen molar-refractivity contribution in [3.63, 3.8) is 0 Å². The number of carboxylic acid groups (broad SMARTS) is 1. The van der Waals surface area contributed by atoms with Gasteiger partial charge in [-0.1, -0.05) is 36.8 Å². The molecule has 1 saturated carbocycles. The minimum atomic E-state index is -0.980. The molecule has 34 heavy (non-hydrogen) atoms. The SMILES string of the molecule is CC(N)=O.NSNCCCCCC(=O)Nc1ccc(C(=O)O)cc1.c1ccc(CC2CC2)cc1. The number of primary amides is 1. The van der Waals surface area contributed by atoms with Crippen LogP contribution in [0.5, 0.6) is 0 Å². The molecule has 0 saturated heterocycles. The lowest BCUT2D eigenvalue weighted by atomic mass is 10.1. The smallest absolute Gasteiger partial charge is 0.335 e. The van der Waals surface area contributed by atoms with Crippen LogP contribution < -0.4 is 20.9 Å². The molecule has 0 radical (unpaired) electrons. The Balaban J connectivity index is 0.000000338. The molecule has 1 aliphatic rings. The van der Waals surface area contributed by atoms with Crippen molar-refractivity contribution in [2.45, 2.75) is 51.9 Å². The largest absolute Gasteiger partial charge is 0.478 e. The van der Waals surface area contributed by atoms with Crippen molar-refractivity contribution in [3.05, 3.63) is 65.7 Å². The van der Waals surface area contributed by atoms with Gasteiger partial charge in [-0.05, 0) is 67.9 Å². The fourth-order valence-electron chi connectivity index (χ4n) is 2.91. The minimum absolute atomic E-state index is 0.0609. The Morgan fingerprint density at radius 1 is 1.00 bits per heavy atom. The van der Waals surface area contributed by atoms with E-state index in [1.165, 1.54) is 43.9 Å². The molecule has 186 valence electrons. The van der Waals surface area contributed by atoms with Gasteiger partial charge in [0, 0.05) is 37.7 Å². The van der Waals surface area contributed by atoms with E-state index in [4.69, 9.17) is 10.2 Å². The van der Waals surface area contributed by atoms with Crippen LogP contribution in [0.4, 0.5) is 5.69 Å². The van der Waals surface area contributed by atoms with E-state index in [1.807, 2.05) is 0 Å². The predicted molar refractivity (Wildman–Crippen MR) is 138 cm³/mol. The van der Waals surface area contributed by atoms with E-state index in [0.29, 0.717) is 12.1 Å². The molecule has 2 aromatic rings. The first kappa shape index (κ1) is 29.2. The van der Waals surface area contributed by atoms with Crippen LogP contribution in [0, 0.1) is 5.92 Å². The van der Waals surface area contributed by atoms with Crippen LogP contribution in [-0.4, -0.2) is 29.4 Å². The van der Waals surface area contributed by atoms with Crippen LogP contribution >= 0.6 is 12.1 Å². The average molecular weight is 489 g/mol. The number of nitrogens with one attached hydrogen (secondary N) is 2. The van der Waals surface area contributed by atoms with Crippen LogP contribution in [0.25, 0.3) is 0 Å². The Hall–Kier alpha value is -2.88. The Morgan fingerprint density at radius 3 is 2.15 bits per heavy atom. The second kappa shape index (κ2) is 17.6. The van der Waals surface area contributed by atoms with Crippen LogP contribution in [0.2, 0.25) is 0 Å². The lowest BCUT2D eigenvalue weighted by Gasteiger charge is -2.05. The van der Waals surface area contributed by atoms with E-state index in [9.17, 15) is 14.4 Å². The topological polar surface area (TPSA) is 148 Å². The summed E-state index contributed by atoms with van der Waals surface area (Å²) >= 11 is 1.10. The van der Waals surface area contributed by atoms with Crippen LogP contribution in [0.1, 0.15) is 61.4 Å². The highest BCUT2D eigenvalue weighted by atomic mass is 32.2. The van der Waals surface area contributed by atoms with Crippen LogP contribution in [-0.2, 0) is 16.0 Å². The maximum atomic E-state index is 11.7. The number of carbonyl (C=O) groups is 3. The standard InChI is InChI=1S/C13H19N3O3S.C10H12.C2H5NO/c14-20-15-9-3-1-2-4-12(17)16-11-7-5-10(6-8-11)13(18)19;1-2-4-9(5-3-1)8-10-6-7-10;1-2(3)4/h5-8,15H,1-4,9,14H2,(H,16,17)(H,18,19);1-5,10H,6-8H2;1H3,(H2,3,4). The van der Waals surface area contributed by atoms with Crippen molar-refractivity contribution in [3.8, 4) is 0 Å². The zero-order valence-electron chi connectivity index (χ0n) is 19.7. The van der Waals surface area contributed by atoms with Gasteiger partial charge in [-0.15, -0.1) is 0 Å². The van der Waals surface area contributed by atoms with E-state index in [0.717, 1.165) is 43.9 Å². The van der Waals surface area contributed by atoms with Crippen molar-refractivity contribution in [2.75, 3.05) is 11.9 Å². The minimum Gasteiger partial charge on any atom is -0.478 e. The fourth-order valence-corrected chi connectivity index (χ4v) is 3.17. The summed E-state index contributed by atoms with van der Waals surface area (Å²) in [5.74, 6) is -0.358. The molecule has 0 atom stereocenters. The number of unbranched alkanes of at least 4 members (excludes halogenated alkanes) is 2. The van der Waals surface area contributed by atoms with Crippen LogP contribution in [0.3, 0.4) is 0 Å². The molecule has 1 aliphatic carbocycles. The summed E-state index contributed by atoms with van der Waals surface area (Å²) < 4.78 is 2.94. The monoisotopic (exact) mass is 488 g/mol. The van der Waals surface area contributed by atoms with Crippen molar-refractivity contribution in [1.29, 1.82) is 0 Å². The number of benzene rings is 2. The van der Waals surface area contributed by atoms with Gasteiger partial charge >= 0.3 is 5.97 Å². The first-order chi connectivity index (χ1) is 16.3. The van der Waals surface area contributed by atoms with E-state index in [-0.39, 0.29) is 17.4 Å². The number of amides is 2. The molecule has 0 unspecified atom stereocenters. The number of carbonyl (C=O) groups excluding carboxylic acids is 2. The van der Waals surface area contributed by atoms with Crippen molar-refractivity contribution < 1.29 is 19.5 Å². The highest BCUT2D eigenvalue weighted by Gasteiger charge is 2.20.